The lowest BCUT2D eigenvalue weighted by atomic mass is 10.0. The van der Waals surface area contributed by atoms with Gasteiger partial charge in [-0.05, 0) is 56.7 Å². The van der Waals surface area contributed by atoms with Crippen molar-refractivity contribution in [1.82, 2.24) is 25.3 Å². The molecule has 0 radical (unpaired) electrons. The summed E-state index contributed by atoms with van der Waals surface area (Å²) in [6.07, 6.45) is 3.44. The Kier molecular flexibility index (Phi) is 5.17. The number of aryl methyl sites for hydroxylation is 1. The Morgan fingerprint density at radius 3 is 2.84 bits per heavy atom. The van der Waals surface area contributed by atoms with E-state index in [-0.39, 0.29) is 11.6 Å². The highest BCUT2D eigenvalue weighted by molar-refractivity contribution is 5.93. The van der Waals surface area contributed by atoms with Gasteiger partial charge in [-0.15, -0.1) is 0 Å². The van der Waals surface area contributed by atoms with Crippen LogP contribution in [0, 0.1) is 18.3 Å². The number of H-pyrrole nitrogens is 1. The van der Waals surface area contributed by atoms with Gasteiger partial charge >= 0.3 is 0 Å². The number of carbonyl (C=O) groups excluding carboxylic acids is 1. The number of hydrogen-bond donors (Lipinski definition) is 2. The fourth-order valence-electron chi connectivity index (χ4n) is 3.36. The molecule has 31 heavy (non-hydrogen) atoms. The van der Waals surface area contributed by atoms with E-state index in [9.17, 15) is 4.79 Å². The second-order valence-electron chi connectivity index (χ2n) is 8.02. The molecule has 0 aliphatic heterocycles. The Morgan fingerprint density at radius 2 is 2.13 bits per heavy atom. The molecule has 0 bridgehead atoms. The summed E-state index contributed by atoms with van der Waals surface area (Å²) in [6.45, 7) is 6.24. The molecule has 0 fully saturated rings. The molecule has 0 unspecified atom stereocenters. The van der Waals surface area contributed by atoms with Gasteiger partial charge in [0.25, 0.3) is 5.91 Å². The molecular weight excluding hydrogens is 392 g/mol. The van der Waals surface area contributed by atoms with Crippen LogP contribution in [0.2, 0.25) is 0 Å². The van der Waals surface area contributed by atoms with E-state index in [1.54, 1.807) is 35.2 Å². The lowest BCUT2D eigenvalue weighted by Gasteiger charge is -2.25. The van der Waals surface area contributed by atoms with Crippen LogP contribution in [0.15, 0.2) is 59.3 Å². The second kappa shape index (κ2) is 7.95. The van der Waals surface area contributed by atoms with Crippen molar-refractivity contribution >= 4 is 5.91 Å². The largest absolute Gasteiger partial charge is 0.463 e. The van der Waals surface area contributed by atoms with E-state index in [4.69, 9.17) is 9.68 Å². The third-order valence-electron chi connectivity index (χ3n) is 4.89. The van der Waals surface area contributed by atoms with E-state index in [2.05, 4.69) is 26.7 Å². The Bertz CT molecular complexity index is 1260. The maximum Gasteiger partial charge on any atom is 0.272 e. The molecule has 8 nitrogen and oxygen atoms in total. The van der Waals surface area contributed by atoms with Gasteiger partial charge in [-0.3, -0.25) is 14.6 Å². The molecular formula is C23H22N6O2. The topological polar surface area (TPSA) is 113 Å². The predicted molar refractivity (Wildman–Crippen MR) is 115 cm³/mol. The van der Waals surface area contributed by atoms with Crippen LogP contribution in [0.4, 0.5) is 0 Å². The zero-order valence-corrected chi connectivity index (χ0v) is 17.5. The van der Waals surface area contributed by atoms with E-state index in [0.29, 0.717) is 23.6 Å². The van der Waals surface area contributed by atoms with Crippen LogP contribution >= 0.6 is 0 Å². The summed E-state index contributed by atoms with van der Waals surface area (Å²) in [7, 11) is 0. The van der Waals surface area contributed by atoms with Crippen molar-refractivity contribution in [3.63, 3.8) is 0 Å². The standard InChI is InChI=1S/C23H22N6O2/c1-15-11-16(6-7-17(15)13-24)18-8-9-29(28-18)14-23(2,3)25-22(30)20-12-19(26-27-20)21-5-4-10-31-21/h4-12H,14H2,1-3H3,(H,25,30)(H,26,27). The Labute approximate surface area is 179 Å². The normalized spacial score (nSPS) is 11.3. The summed E-state index contributed by atoms with van der Waals surface area (Å²) >= 11 is 0. The first-order valence-electron chi connectivity index (χ1n) is 9.81. The smallest absolute Gasteiger partial charge is 0.272 e. The molecule has 0 saturated heterocycles. The molecule has 0 aliphatic carbocycles. The number of furan rings is 1. The number of amides is 1. The molecule has 2 N–H and O–H groups in total. The minimum absolute atomic E-state index is 0.283. The third kappa shape index (κ3) is 4.41. The van der Waals surface area contributed by atoms with Crippen LogP contribution in [-0.2, 0) is 6.54 Å². The Hall–Kier alpha value is -4.12. The monoisotopic (exact) mass is 414 g/mol. The van der Waals surface area contributed by atoms with Crippen LogP contribution in [0.25, 0.3) is 22.7 Å². The maximum absolute atomic E-state index is 12.7. The number of benzene rings is 1. The molecule has 3 heterocycles. The SMILES string of the molecule is Cc1cc(-c2ccn(CC(C)(C)NC(=O)c3cc(-c4ccco4)[nH]n3)n2)ccc1C#N. The first-order chi connectivity index (χ1) is 14.8. The van der Waals surface area contributed by atoms with Gasteiger partial charge in [-0.25, -0.2) is 0 Å². The second-order valence-corrected chi connectivity index (χ2v) is 8.02. The number of nitrogens with one attached hydrogen (secondary N) is 2. The molecule has 0 saturated carbocycles. The molecule has 3 aromatic heterocycles. The number of rotatable bonds is 6. The zero-order valence-electron chi connectivity index (χ0n) is 17.5. The zero-order chi connectivity index (χ0) is 22.0. The van der Waals surface area contributed by atoms with Gasteiger partial charge in [0.15, 0.2) is 11.5 Å². The lowest BCUT2D eigenvalue weighted by Crippen LogP contribution is -2.46. The van der Waals surface area contributed by atoms with Crippen LogP contribution in [0.3, 0.4) is 0 Å². The van der Waals surface area contributed by atoms with Crippen molar-refractivity contribution in [3.8, 4) is 28.8 Å². The predicted octanol–water partition coefficient (Wildman–Crippen LogP) is 3.92. The van der Waals surface area contributed by atoms with E-state index in [1.807, 2.05) is 45.2 Å². The lowest BCUT2D eigenvalue weighted by molar-refractivity contribution is 0.0898. The molecule has 156 valence electrons. The Balaban J connectivity index is 1.44. The van der Waals surface area contributed by atoms with Gasteiger partial charge in [0.05, 0.1) is 35.7 Å². The number of hydrogen-bond acceptors (Lipinski definition) is 5. The average molecular weight is 414 g/mol. The first-order valence-corrected chi connectivity index (χ1v) is 9.81. The average Bonchev–Trinajstić information content (AvgIpc) is 3.48. The molecule has 8 heteroatoms. The van der Waals surface area contributed by atoms with Crippen molar-refractivity contribution < 1.29 is 9.21 Å². The summed E-state index contributed by atoms with van der Waals surface area (Å²) in [4.78, 5) is 12.7. The summed E-state index contributed by atoms with van der Waals surface area (Å²) < 4.78 is 7.11. The third-order valence-corrected chi connectivity index (χ3v) is 4.89. The van der Waals surface area contributed by atoms with E-state index in [1.165, 1.54) is 0 Å². The number of nitrogens with zero attached hydrogens (tertiary/aromatic N) is 4. The highest BCUT2D eigenvalue weighted by Gasteiger charge is 2.24. The molecule has 1 amide bonds. The van der Waals surface area contributed by atoms with Gasteiger partial charge < -0.3 is 9.73 Å². The van der Waals surface area contributed by atoms with E-state index >= 15 is 0 Å². The fraction of sp³-hybridized carbons (Fsp3) is 0.217. The summed E-state index contributed by atoms with van der Waals surface area (Å²) in [6, 6.07) is 15.0. The first kappa shape index (κ1) is 20.2. The van der Waals surface area contributed by atoms with Crippen molar-refractivity contribution in [2.75, 3.05) is 0 Å². The highest BCUT2D eigenvalue weighted by atomic mass is 16.3. The number of aromatic amines is 1. The van der Waals surface area contributed by atoms with Gasteiger partial charge in [-0.1, -0.05) is 6.07 Å². The fourth-order valence-corrected chi connectivity index (χ4v) is 3.36. The van der Waals surface area contributed by atoms with Gasteiger partial charge in [0, 0.05) is 17.8 Å². The van der Waals surface area contributed by atoms with Crippen molar-refractivity contribution in [1.29, 1.82) is 5.26 Å². The molecule has 1 aromatic carbocycles. The maximum atomic E-state index is 12.7. The summed E-state index contributed by atoms with van der Waals surface area (Å²) in [5, 5.41) is 23.6. The summed E-state index contributed by atoms with van der Waals surface area (Å²) in [5.41, 5.74) is 3.68. The van der Waals surface area contributed by atoms with Crippen molar-refractivity contribution in [2.45, 2.75) is 32.9 Å². The quantitative estimate of drug-likeness (QED) is 0.496. The van der Waals surface area contributed by atoms with Crippen molar-refractivity contribution in [3.05, 3.63) is 71.7 Å². The van der Waals surface area contributed by atoms with Gasteiger partial charge in [0.2, 0.25) is 0 Å². The minimum atomic E-state index is -0.565. The number of aromatic nitrogens is 4. The molecule has 0 atom stereocenters. The molecule has 4 aromatic rings. The van der Waals surface area contributed by atoms with E-state index in [0.717, 1.165) is 16.8 Å². The van der Waals surface area contributed by atoms with Gasteiger partial charge in [-0.2, -0.15) is 15.5 Å². The van der Waals surface area contributed by atoms with Gasteiger partial charge in [0.1, 0.15) is 5.69 Å². The van der Waals surface area contributed by atoms with E-state index < -0.39 is 5.54 Å². The van der Waals surface area contributed by atoms with Crippen LogP contribution in [-0.4, -0.2) is 31.4 Å². The Morgan fingerprint density at radius 1 is 1.29 bits per heavy atom. The summed E-state index contributed by atoms with van der Waals surface area (Å²) in [5.74, 6) is 0.335. The minimum Gasteiger partial charge on any atom is -0.463 e. The molecule has 0 spiro atoms. The van der Waals surface area contributed by atoms with Crippen LogP contribution in [0.1, 0.15) is 35.5 Å². The highest BCUT2D eigenvalue weighted by Crippen LogP contribution is 2.21. The van der Waals surface area contributed by atoms with Crippen molar-refractivity contribution in [2.24, 2.45) is 0 Å². The molecule has 4 rings (SSSR count). The van der Waals surface area contributed by atoms with Crippen LogP contribution < -0.4 is 5.32 Å². The number of carbonyl (C=O) groups is 1. The van der Waals surface area contributed by atoms with Crippen LogP contribution in [0.5, 0.6) is 0 Å². The number of nitriles is 1. The molecule has 0 aliphatic rings.